The van der Waals surface area contributed by atoms with Crippen molar-refractivity contribution in [1.82, 2.24) is 4.98 Å². The molecule has 0 saturated carbocycles. The molecule has 1 aliphatic heterocycles. The van der Waals surface area contributed by atoms with E-state index in [1.165, 1.54) is 12.1 Å². The molecular formula is C12H17N5O3. The molecule has 2 heterocycles. The molecule has 108 valence electrons. The summed E-state index contributed by atoms with van der Waals surface area (Å²) in [6.07, 6.45) is 1.46. The summed E-state index contributed by atoms with van der Waals surface area (Å²) < 4.78 is 0. The van der Waals surface area contributed by atoms with Gasteiger partial charge in [0.1, 0.15) is 17.7 Å². The number of aromatic nitrogens is 1. The Labute approximate surface area is 116 Å². The number of nitrogens with one attached hydrogen (secondary N) is 1. The van der Waals surface area contributed by atoms with E-state index in [4.69, 9.17) is 5.73 Å². The third-order valence-electron chi connectivity index (χ3n) is 3.24. The Morgan fingerprint density at radius 3 is 3.00 bits per heavy atom. The molecule has 8 heteroatoms. The number of carbonyl (C=O) groups excluding carboxylic acids is 1. The maximum absolute atomic E-state index is 11.4. The lowest BCUT2D eigenvalue weighted by Gasteiger charge is -2.23. The SMILES string of the molecule is CCNc1cc([N+](=O)[O-])cc(N2CCCC2C(N)=O)n1. The van der Waals surface area contributed by atoms with E-state index in [1.807, 2.05) is 6.92 Å². The fourth-order valence-corrected chi connectivity index (χ4v) is 2.36. The van der Waals surface area contributed by atoms with E-state index in [-0.39, 0.29) is 5.69 Å². The topological polar surface area (TPSA) is 114 Å². The lowest BCUT2D eigenvalue weighted by Crippen LogP contribution is -2.40. The smallest absolute Gasteiger partial charge is 0.276 e. The second-order valence-corrected chi connectivity index (χ2v) is 4.61. The zero-order chi connectivity index (χ0) is 14.7. The van der Waals surface area contributed by atoms with E-state index >= 15 is 0 Å². The summed E-state index contributed by atoms with van der Waals surface area (Å²) in [6.45, 7) is 3.10. The van der Waals surface area contributed by atoms with Gasteiger partial charge in [0.25, 0.3) is 5.69 Å². The van der Waals surface area contributed by atoms with Gasteiger partial charge in [-0.2, -0.15) is 0 Å². The number of carbonyl (C=O) groups is 1. The quantitative estimate of drug-likeness (QED) is 0.610. The molecule has 8 nitrogen and oxygen atoms in total. The Morgan fingerprint density at radius 1 is 1.65 bits per heavy atom. The highest BCUT2D eigenvalue weighted by molar-refractivity contribution is 5.84. The van der Waals surface area contributed by atoms with Crippen molar-refractivity contribution in [3.63, 3.8) is 0 Å². The van der Waals surface area contributed by atoms with Crippen LogP contribution in [-0.2, 0) is 4.79 Å². The van der Waals surface area contributed by atoms with Crippen molar-refractivity contribution in [2.24, 2.45) is 5.73 Å². The van der Waals surface area contributed by atoms with Crippen molar-refractivity contribution < 1.29 is 9.72 Å². The van der Waals surface area contributed by atoms with E-state index in [0.29, 0.717) is 31.1 Å². The summed E-state index contributed by atoms with van der Waals surface area (Å²) in [6, 6.07) is 2.31. The van der Waals surface area contributed by atoms with Gasteiger partial charge in [-0.3, -0.25) is 14.9 Å². The number of nitrogens with two attached hydrogens (primary N) is 1. The number of nitrogens with zero attached hydrogens (tertiary/aromatic N) is 3. The lowest BCUT2D eigenvalue weighted by molar-refractivity contribution is -0.384. The Balaban J connectivity index is 2.39. The van der Waals surface area contributed by atoms with Crippen LogP contribution in [0.2, 0.25) is 0 Å². The Hall–Kier alpha value is -2.38. The third kappa shape index (κ3) is 2.79. The molecule has 3 N–H and O–H groups in total. The zero-order valence-electron chi connectivity index (χ0n) is 11.2. The molecule has 1 saturated heterocycles. The summed E-state index contributed by atoms with van der Waals surface area (Å²) in [7, 11) is 0. The summed E-state index contributed by atoms with van der Waals surface area (Å²) >= 11 is 0. The highest BCUT2D eigenvalue weighted by atomic mass is 16.6. The zero-order valence-corrected chi connectivity index (χ0v) is 11.2. The molecule has 1 aromatic rings. The van der Waals surface area contributed by atoms with E-state index in [1.54, 1.807) is 4.90 Å². The lowest BCUT2D eigenvalue weighted by atomic mass is 10.2. The molecule has 1 amide bonds. The van der Waals surface area contributed by atoms with Crippen molar-refractivity contribution in [1.29, 1.82) is 0 Å². The maximum Gasteiger partial charge on any atom is 0.276 e. The molecule has 1 aromatic heterocycles. The minimum Gasteiger partial charge on any atom is -0.370 e. The second-order valence-electron chi connectivity index (χ2n) is 4.61. The van der Waals surface area contributed by atoms with Crippen LogP contribution in [0.15, 0.2) is 12.1 Å². The molecule has 2 rings (SSSR count). The summed E-state index contributed by atoms with van der Waals surface area (Å²) in [5, 5.41) is 13.9. The van der Waals surface area contributed by atoms with Crippen LogP contribution < -0.4 is 16.0 Å². The number of rotatable bonds is 5. The standard InChI is InChI=1S/C12H17N5O3/c1-2-14-10-6-8(17(19)20)7-11(15-10)16-5-3-4-9(16)12(13)18/h6-7,9H,2-5H2,1H3,(H2,13,18)(H,14,15). The average molecular weight is 279 g/mol. The van der Waals surface area contributed by atoms with Gasteiger partial charge in [-0.05, 0) is 19.8 Å². The predicted molar refractivity (Wildman–Crippen MR) is 74.6 cm³/mol. The van der Waals surface area contributed by atoms with Crippen molar-refractivity contribution in [2.45, 2.75) is 25.8 Å². The molecule has 0 radical (unpaired) electrons. The first-order valence-corrected chi connectivity index (χ1v) is 6.49. The van der Waals surface area contributed by atoms with Crippen LogP contribution in [0, 0.1) is 10.1 Å². The van der Waals surface area contributed by atoms with Gasteiger partial charge in [0.05, 0.1) is 17.1 Å². The second kappa shape index (κ2) is 5.72. The van der Waals surface area contributed by atoms with Gasteiger partial charge in [-0.25, -0.2) is 4.98 Å². The van der Waals surface area contributed by atoms with E-state index in [9.17, 15) is 14.9 Å². The normalized spacial score (nSPS) is 18.1. The van der Waals surface area contributed by atoms with Crippen LogP contribution in [0.3, 0.4) is 0 Å². The predicted octanol–water partition coefficient (Wildman–Crippen LogP) is 0.876. The van der Waals surface area contributed by atoms with Gasteiger partial charge in [-0.1, -0.05) is 0 Å². The maximum atomic E-state index is 11.4. The molecule has 20 heavy (non-hydrogen) atoms. The van der Waals surface area contributed by atoms with Crippen molar-refractivity contribution in [2.75, 3.05) is 23.3 Å². The molecule has 1 unspecified atom stereocenters. The van der Waals surface area contributed by atoms with Crippen molar-refractivity contribution in [3.8, 4) is 0 Å². The minimum atomic E-state index is -0.471. The number of hydrogen-bond donors (Lipinski definition) is 2. The van der Waals surface area contributed by atoms with Crippen LogP contribution in [-0.4, -0.2) is 34.9 Å². The fraction of sp³-hybridized carbons (Fsp3) is 0.500. The number of amides is 1. The monoisotopic (exact) mass is 279 g/mol. The summed E-state index contributed by atoms with van der Waals surface area (Å²) in [4.78, 5) is 28.0. The summed E-state index contributed by atoms with van der Waals surface area (Å²) in [5.74, 6) is 0.407. The number of nitro groups is 1. The number of primary amides is 1. The molecule has 0 aliphatic carbocycles. The average Bonchev–Trinajstić information content (AvgIpc) is 2.88. The molecule has 1 fully saturated rings. The highest BCUT2D eigenvalue weighted by Crippen LogP contribution is 2.28. The number of hydrogen-bond acceptors (Lipinski definition) is 6. The van der Waals surface area contributed by atoms with Gasteiger partial charge < -0.3 is 16.0 Å². The first kappa shape index (κ1) is 14.0. The molecule has 1 aliphatic rings. The molecular weight excluding hydrogens is 262 g/mol. The molecule has 0 spiro atoms. The van der Waals surface area contributed by atoms with Crippen LogP contribution in [0.25, 0.3) is 0 Å². The van der Waals surface area contributed by atoms with Crippen LogP contribution >= 0.6 is 0 Å². The molecule has 0 bridgehead atoms. The fourth-order valence-electron chi connectivity index (χ4n) is 2.36. The van der Waals surface area contributed by atoms with Crippen LogP contribution in [0.1, 0.15) is 19.8 Å². The first-order chi connectivity index (χ1) is 9.52. The highest BCUT2D eigenvalue weighted by Gasteiger charge is 2.31. The van der Waals surface area contributed by atoms with Gasteiger partial charge >= 0.3 is 0 Å². The van der Waals surface area contributed by atoms with E-state index in [2.05, 4.69) is 10.3 Å². The van der Waals surface area contributed by atoms with Gasteiger partial charge in [0, 0.05) is 13.1 Å². The third-order valence-corrected chi connectivity index (χ3v) is 3.24. The Morgan fingerprint density at radius 2 is 2.40 bits per heavy atom. The minimum absolute atomic E-state index is 0.0546. The van der Waals surface area contributed by atoms with Crippen molar-refractivity contribution in [3.05, 3.63) is 22.2 Å². The van der Waals surface area contributed by atoms with E-state index < -0.39 is 16.9 Å². The largest absolute Gasteiger partial charge is 0.370 e. The van der Waals surface area contributed by atoms with Gasteiger partial charge in [0.15, 0.2) is 0 Å². The summed E-state index contributed by atoms with van der Waals surface area (Å²) in [5.41, 5.74) is 5.31. The van der Waals surface area contributed by atoms with Gasteiger partial charge in [-0.15, -0.1) is 0 Å². The number of anilines is 2. The Kier molecular flexibility index (Phi) is 4.02. The number of pyridine rings is 1. The Bertz CT molecular complexity index is 534. The molecule has 0 aromatic carbocycles. The van der Waals surface area contributed by atoms with Crippen LogP contribution in [0.4, 0.5) is 17.3 Å². The van der Waals surface area contributed by atoms with E-state index in [0.717, 1.165) is 6.42 Å². The van der Waals surface area contributed by atoms with Gasteiger partial charge in [0.2, 0.25) is 5.91 Å². The van der Waals surface area contributed by atoms with Crippen LogP contribution in [0.5, 0.6) is 0 Å². The first-order valence-electron chi connectivity index (χ1n) is 6.49. The van der Waals surface area contributed by atoms with Crippen molar-refractivity contribution >= 4 is 23.2 Å². The molecule has 1 atom stereocenters.